The summed E-state index contributed by atoms with van der Waals surface area (Å²) in [5.74, 6) is -0.0380. The molecule has 1 aromatic carbocycles. The van der Waals surface area contributed by atoms with Gasteiger partial charge in [0.25, 0.3) is 0 Å². The zero-order valence-corrected chi connectivity index (χ0v) is 14.5. The molecule has 6 nitrogen and oxygen atoms in total. The molecule has 24 heavy (non-hydrogen) atoms. The lowest BCUT2D eigenvalue weighted by molar-refractivity contribution is -0.115. The predicted octanol–water partition coefficient (Wildman–Crippen LogP) is 3.57. The Hall–Kier alpha value is -1.64. The van der Waals surface area contributed by atoms with Crippen molar-refractivity contribution in [2.45, 2.75) is 36.3 Å². The number of hydrogen-bond acceptors (Lipinski definition) is 5. The van der Waals surface area contributed by atoms with Gasteiger partial charge in [-0.1, -0.05) is 23.4 Å². The maximum atomic E-state index is 13.0. The van der Waals surface area contributed by atoms with E-state index in [4.69, 9.17) is 16.3 Å². The number of H-pyrrole nitrogens is 1. The molecule has 0 spiro atoms. The van der Waals surface area contributed by atoms with Crippen LogP contribution in [0.1, 0.15) is 31.7 Å². The van der Waals surface area contributed by atoms with E-state index in [1.165, 1.54) is 23.9 Å². The van der Waals surface area contributed by atoms with Gasteiger partial charge >= 0.3 is 0 Å². The van der Waals surface area contributed by atoms with Gasteiger partial charge < -0.3 is 10.1 Å². The summed E-state index contributed by atoms with van der Waals surface area (Å²) in [6, 6.07) is 3.82. The SMILES string of the molecule is C[C@@H](Sc1n[nH]c([C@H]2CCCO2)n1)C(=O)Nc1ccc(F)cc1Cl. The summed E-state index contributed by atoms with van der Waals surface area (Å²) < 4.78 is 18.6. The average Bonchev–Trinajstić information content (AvgIpc) is 3.20. The van der Waals surface area contributed by atoms with Crippen molar-refractivity contribution < 1.29 is 13.9 Å². The number of benzene rings is 1. The number of rotatable bonds is 5. The van der Waals surface area contributed by atoms with E-state index in [9.17, 15) is 9.18 Å². The van der Waals surface area contributed by atoms with E-state index in [0.717, 1.165) is 25.5 Å². The van der Waals surface area contributed by atoms with Crippen molar-refractivity contribution in [2.24, 2.45) is 0 Å². The number of amides is 1. The van der Waals surface area contributed by atoms with E-state index in [1.54, 1.807) is 6.92 Å². The van der Waals surface area contributed by atoms with Crippen molar-refractivity contribution in [1.82, 2.24) is 15.2 Å². The third-order valence-corrected chi connectivity index (χ3v) is 4.83. The molecule has 2 heterocycles. The van der Waals surface area contributed by atoms with Gasteiger partial charge in [0.05, 0.1) is 16.0 Å². The summed E-state index contributed by atoms with van der Waals surface area (Å²) in [4.78, 5) is 16.6. The zero-order valence-electron chi connectivity index (χ0n) is 12.9. The Labute approximate surface area is 147 Å². The van der Waals surface area contributed by atoms with Crippen molar-refractivity contribution >= 4 is 35.0 Å². The lowest BCUT2D eigenvalue weighted by Crippen LogP contribution is -2.22. The van der Waals surface area contributed by atoms with Gasteiger partial charge in [0, 0.05) is 6.61 Å². The fourth-order valence-electron chi connectivity index (χ4n) is 2.28. The Morgan fingerprint density at radius 1 is 1.58 bits per heavy atom. The molecule has 0 aliphatic carbocycles. The van der Waals surface area contributed by atoms with Crippen LogP contribution in [0.5, 0.6) is 0 Å². The van der Waals surface area contributed by atoms with Crippen LogP contribution in [-0.4, -0.2) is 32.9 Å². The number of aromatic nitrogens is 3. The Morgan fingerprint density at radius 3 is 3.12 bits per heavy atom. The molecule has 1 aliphatic heterocycles. The molecule has 1 fully saturated rings. The molecule has 1 aliphatic rings. The van der Waals surface area contributed by atoms with E-state index in [2.05, 4.69) is 20.5 Å². The number of ether oxygens (including phenoxy) is 1. The third kappa shape index (κ3) is 4.06. The summed E-state index contributed by atoms with van der Waals surface area (Å²) >= 11 is 7.13. The van der Waals surface area contributed by atoms with Crippen LogP contribution >= 0.6 is 23.4 Å². The minimum atomic E-state index is -0.456. The Morgan fingerprint density at radius 2 is 2.42 bits per heavy atom. The largest absolute Gasteiger partial charge is 0.370 e. The van der Waals surface area contributed by atoms with Crippen molar-refractivity contribution in [3.05, 3.63) is 34.9 Å². The van der Waals surface area contributed by atoms with E-state index >= 15 is 0 Å². The first-order chi connectivity index (χ1) is 11.5. The second-order valence-electron chi connectivity index (χ2n) is 5.38. The minimum absolute atomic E-state index is 0.0472. The van der Waals surface area contributed by atoms with Gasteiger partial charge in [-0.2, -0.15) is 0 Å². The summed E-state index contributed by atoms with van der Waals surface area (Å²) in [6.45, 7) is 2.46. The monoisotopic (exact) mass is 370 g/mol. The van der Waals surface area contributed by atoms with Crippen molar-refractivity contribution in [2.75, 3.05) is 11.9 Å². The molecule has 0 radical (unpaired) electrons. The van der Waals surface area contributed by atoms with Gasteiger partial charge in [0.1, 0.15) is 11.9 Å². The number of carbonyl (C=O) groups is 1. The first kappa shape index (κ1) is 17.2. The van der Waals surface area contributed by atoms with Crippen LogP contribution in [-0.2, 0) is 9.53 Å². The number of nitrogens with zero attached hydrogens (tertiary/aromatic N) is 2. The number of hydrogen-bond donors (Lipinski definition) is 2. The quantitative estimate of drug-likeness (QED) is 0.786. The van der Waals surface area contributed by atoms with Crippen LogP contribution < -0.4 is 5.32 Å². The highest BCUT2D eigenvalue weighted by molar-refractivity contribution is 8.00. The molecular formula is C15H16ClFN4O2S. The highest BCUT2D eigenvalue weighted by Crippen LogP contribution is 2.29. The Bertz CT molecular complexity index is 736. The number of anilines is 1. The standard InChI is InChI=1S/C15H16ClFN4O2S/c1-8(14(22)18-11-5-4-9(17)7-10(11)16)24-15-19-13(20-21-15)12-3-2-6-23-12/h4-5,7-8,12H,2-3,6H2,1H3,(H,18,22)(H,19,20,21)/t8-,12-/m1/s1. The first-order valence-corrected chi connectivity index (χ1v) is 8.75. The lowest BCUT2D eigenvalue weighted by Gasteiger charge is -2.11. The predicted molar refractivity (Wildman–Crippen MR) is 89.7 cm³/mol. The molecule has 9 heteroatoms. The second kappa shape index (κ2) is 7.50. The second-order valence-corrected chi connectivity index (χ2v) is 7.09. The third-order valence-electron chi connectivity index (χ3n) is 3.56. The summed E-state index contributed by atoms with van der Waals surface area (Å²) in [5, 5.41) is 9.82. The molecule has 0 saturated carbocycles. The topological polar surface area (TPSA) is 79.9 Å². The number of thioether (sulfide) groups is 1. The van der Waals surface area contributed by atoms with Crippen LogP contribution in [0, 0.1) is 5.82 Å². The molecule has 1 aromatic heterocycles. The summed E-state index contributed by atoms with van der Waals surface area (Å²) in [6.07, 6.45) is 1.87. The lowest BCUT2D eigenvalue weighted by atomic mass is 10.2. The number of aromatic amines is 1. The van der Waals surface area contributed by atoms with Gasteiger partial charge in [-0.05, 0) is 38.0 Å². The zero-order chi connectivity index (χ0) is 17.1. The fourth-order valence-corrected chi connectivity index (χ4v) is 3.23. The van der Waals surface area contributed by atoms with Crippen LogP contribution in [0.25, 0.3) is 0 Å². The molecule has 2 aromatic rings. The van der Waals surface area contributed by atoms with Gasteiger partial charge in [-0.15, -0.1) is 5.10 Å². The fraction of sp³-hybridized carbons (Fsp3) is 0.400. The summed E-state index contributed by atoms with van der Waals surface area (Å²) in [5.41, 5.74) is 0.366. The van der Waals surface area contributed by atoms with Gasteiger partial charge in [-0.25, -0.2) is 9.37 Å². The Balaban J connectivity index is 1.59. The van der Waals surface area contributed by atoms with Crippen molar-refractivity contribution in [3.8, 4) is 0 Å². The maximum absolute atomic E-state index is 13.0. The van der Waals surface area contributed by atoms with E-state index < -0.39 is 11.1 Å². The van der Waals surface area contributed by atoms with Crippen LogP contribution in [0.3, 0.4) is 0 Å². The molecular weight excluding hydrogens is 355 g/mol. The molecule has 2 atom stereocenters. The smallest absolute Gasteiger partial charge is 0.237 e. The van der Waals surface area contributed by atoms with E-state index in [-0.39, 0.29) is 17.0 Å². The highest BCUT2D eigenvalue weighted by Gasteiger charge is 2.23. The minimum Gasteiger partial charge on any atom is -0.370 e. The number of nitrogens with one attached hydrogen (secondary N) is 2. The molecule has 2 N–H and O–H groups in total. The first-order valence-electron chi connectivity index (χ1n) is 7.49. The van der Waals surface area contributed by atoms with E-state index in [1.807, 2.05) is 0 Å². The number of halogens is 2. The number of carbonyl (C=O) groups excluding carboxylic acids is 1. The van der Waals surface area contributed by atoms with Crippen molar-refractivity contribution in [1.29, 1.82) is 0 Å². The molecule has 128 valence electrons. The molecule has 1 saturated heterocycles. The normalized spacial score (nSPS) is 18.5. The molecule has 3 rings (SSSR count). The molecule has 1 amide bonds. The Kier molecular flexibility index (Phi) is 5.37. The molecule has 0 unspecified atom stereocenters. The van der Waals surface area contributed by atoms with Crippen molar-refractivity contribution in [3.63, 3.8) is 0 Å². The van der Waals surface area contributed by atoms with Crippen LogP contribution in [0.2, 0.25) is 5.02 Å². The van der Waals surface area contributed by atoms with Gasteiger partial charge in [-0.3, -0.25) is 9.89 Å². The highest BCUT2D eigenvalue weighted by atomic mass is 35.5. The maximum Gasteiger partial charge on any atom is 0.237 e. The summed E-state index contributed by atoms with van der Waals surface area (Å²) in [7, 11) is 0. The average molecular weight is 371 g/mol. The molecule has 0 bridgehead atoms. The van der Waals surface area contributed by atoms with Gasteiger partial charge in [0.2, 0.25) is 11.1 Å². The van der Waals surface area contributed by atoms with E-state index in [0.29, 0.717) is 16.7 Å². The van der Waals surface area contributed by atoms with Gasteiger partial charge in [0.15, 0.2) is 5.82 Å². The van der Waals surface area contributed by atoms with Crippen LogP contribution in [0.4, 0.5) is 10.1 Å². The van der Waals surface area contributed by atoms with Crippen LogP contribution in [0.15, 0.2) is 23.4 Å².